The number of imidazole rings is 1. The zero-order valence-electron chi connectivity index (χ0n) is 10.4. The average Bonchev–Trinajstić information content (AvgIpc) is 2.71. The number of nitrogens with zero attached hydrogens (tertiary/aromatic N) is 1. The number of aromatic nitrogens is 2. The summed E-state index contributed by atoms with van der Waals surface area (Å²) in [6.45, 7) is 9.83. The molecule has 0 bridgehead atoms. The van der Waals surface area contributed by atoms with Gasteiger partial charge in [0.15, 0.2) is 0 Å². The lowest BCUT2D eigenvalue weighted by Crippen LogP contribution is -2.18. The summed E-state index contributed by atoms with van der Waals surface area (Å²) in [6, 6.07) is 0. The highest BCUT2D eigenvalue weighted by Crippen LogP contribution is 1.89. The molecule has 0 saturated carbocycles. The van der Waals surface area contributed by atoms with Crippen molar-refractivity contribution in [2.45, 2.75) is 34.6 Å². The minimum Gasteiger partial charge on any atom is -0.349 e. The van der Waals surface area contributed by atoms with E-state index in [2.05, 4.69) is 9.97 Å². The van der Waals surface area contributed by atoms with Gasteiger partial charge in [0.05, 0.1) is 12.9 Å². The van der Waals surface area contributed by atoms with Crippen molar-refractivity contribution in [1.82, 2.24) is 9.97 Å². The van der Waals surface area contributed by atoms with Gasteiger partial charge in [0.2, 0.25) is 0 Å². The lowest BCUT2D eigenvalue weighted by molar-refractivity contribution is -0.120. The van der Waals surface area contributed by atoms with Crippen molar-refractivity contribution in [2.75, 3.05) is 6.54 Å². The monoisotopic (exact) mass is 213 g/mol. The van der Waals surface area contributed by atoms with E-state index >= 15 is 0 Å². The van der Waals surface area contributed by atoms with Crippen LogP contribution in [-0.2, 0) is 4.79 Å². The first kappa shape index (κ1) is 16.3. The molecule has 1 aromatic heterocycles. The van der Waals surface area contributed by atoms with Gasteiger partial charge in [-0.25, -0.2) is 4.98 Å². The molecule has 1 heterocycles. The van der Waals surface area contributed by atoms with Crippen LogP contribution >= 0.6 is 0 Å². The minimum absolute atomic E-state index is 0.102. The molecule has 15 heavy (non-hydrogen) atoms. The largest absolute Gasteiger partial charge is 0.349 e. The fourth-order valence-corrected chi connectivity index (χ4v) is 0.561. The topological polar surface area (TPSA) is 71.8 Å². The summed E-state index contributed by atoms with van der Waals surface area (Å²) in [5, 5.41) is 0. The van der Waals surface area contributed by atoms with Crippen LogP contribution in [0.4, 0.5) is 0 Å². The Morgan fingerprint density at radius 1 is 1.53 bits per heavy atom. The van der Waals surface area contributed by atoms with E-state index < -0.39 is 0 Å². The maximum Gasteiger partial charge on any atom is 0.148 e. The van der Waals surface area contributed by atoms with Crippen molar-refractivity contribution in [2.24, 2.45) is 11.7 Å². The third kappa shape index (κ3) is 10.8. The second kappa shape index (κ2) is 10.9. The van der Waals surface area contributed by atoms with Crippen LogP contribution < -0.4 is 5.73 Å². The summed E-state index contributed by atoms with van der Waals surface area (Å²) < 4.78 is 0. The number of aryl methyl sites for hydroxylation is 1. The number of hydrogen-bond acceptors (Lipinski definition) is 3. The number of aromatic amines is 1. The highest BCUT2D eigenvalue weighted by atomic mass is 16.1. The molecule has 1 aromatic rings. The Kier molecular flexibility index (Phi) is 11.8. The summed E-state index contributed by atoms with van der Waals surface area (Å²) in [5.41, 5.74) is 6.13. The second-order valence-electron chi connectivity index (χ2n) is 3.06. The Balaban J connectivity index is 0. The molecule has 0 fully saturated rings. The SMILES string of the molecule is CC.CC(C)C(=O)CN.Cc1cnc[nH]1. The summed E-state index contributed by atoms with van der Waals surface area (Å²) >= 11 is 0. The molecule has 0 amide bonds. The second-order valence-corrected chi connectivity index (χ2v) is 3.06. The van der Waals surface area contributed by atoms with Gasteiger partial charge in [0.1, 0.15) is 5.78 Å². The first-order chi connectivity index (χ1) is 7.07. The van der Waals surface area contributed by atoms with Gasteiger partial charge in [-0.1, -0.05) is 27.7 Å². The maximum absolute atomic E-state index is 10.4. The predicted molar refractivity (Wildman–Crippen MR) is 63.6 cm³/mol. The van der Waals surface area contributed by atoms with E-state index in [0.717, 1.165) is 5.69 Å². The van der Waals surface area contributed by atoms with Crippen LogP contribution in [0.1, 0.15) is 33.4 Å². The third-order valence-electron chi connectivity index (χ3n) is 1.48. The molecule has 3 N–H and O–H groups in total. The quantitative estimate of drug-likeness (QED) is 0.788. The average molecular weight is 213 g/mol. The zero-order chi connectivity index (χ0) is 12.3. The number of Topliss-reactive ketones (excluding diaryl/α,β-unsaturated/α-hetero) is 1. The Labute approximate surface area is 92.3 Å². The predicted octanol–water partition coefficient (Wildman–Crippen LogP) is 1.91. The first-order valence-corrected chi connectivity index (χ1v) is 5.25. The Bertz CT molecular complexity index is 230. The molecule has 0 spiro atoms. The van der Waals surface area contributed by atoms with Gasteiger partial charge < -0.3 is 10.7 Å². The molecule has 1 rings (SSSR count). The van der Waals surface area contributed by atoms with Gasteiger partial charge in [0.25, 0.3) is 0 Å². The fraction of sp³-hybridized carbons (Fsp3) is 0.636. The number of nitrogens with two attached hydrogens (primary N) is 1. The standard InChI is InChI=1S/C5H11NO.C4H6N2.C2H6/c1-4(2)5(7)3-6;1-4-2-5-3-6-4;1-2/h4H,3,6H2,1-2H3;2-3H,1H3,(H,5,6);1-2H3. The molecule has 0 radical (unpaired) electrons. The fourth-order valence-electron chi connectivity index (χ4n) is 0.561. The number of nitrogens with one attached hydrogen (secondary N) is 1. The molecule has 0 atom stereocenters. The highest BCUT2D eigenvalue weighted by Gasteiger charge is 2.01. The van der Waals surface area contributed by atoms with Crippen LogP contribution in [0.5, 0.6) is 0 Å². The normalized spacial score (nSPS) is 8.47. The van der Waals surface area contributed by atoms with Crippen LogP contribution in [0.15, 0.2) is 12.5 Å². The van der Waals surface area contributed by atoms with Crippen molar-refractivity contribution in [3.63, 3.8) is 0 Å². The first-order valence-electron chi connectivity index (χ1n) is 5.25. The third-order valence-corrected chi connectivity index (χ3v) is 1.48. The van der Waals surface area contributed by atoms with Crippen molar-refractivity contribution in [3.8, 4) is 0 Å². The van der Waals surface area contributed by atoms with Crippen LogP contribution in [-0.4, -0.2) is 22.3 Å². The van der Waals surface area contributed by atoms with E-state index in [-0.39, 0.29) is 18.2 Å². The molecule has 0 unspecified atom stereocenters. The van der Waals surface area contributed by atoms with E-state index in [9.17, 15) is 4.79 Å². The summed E-state index contributed by atoms with van der Waals surface area (Å²) in [4.78, 5) is 17.0. The Morgan fingerprint density at radius 3 is 2.13 bits per heavy atom. The van der Waals surface area contributed by atoms with Crippen LogP contribution in [0.3, 0.4) is 0 Å². The van der Waals surface area contributed by atoms with Crippen molar-refractivity contribution in [3.05, 3.63) is 18.2 Å². The van der Waals surface area contributed by atoms with Crippen LogP contribution in [0.2, 0.25) is 0 Å². The zero-order valence-corrected chi connectivity index (χ0v) is 10.4. The number of carbonyl (C=O) groups is 1. The van der Waals surface area contributed by atoms with Gasteiger partial charge in [0, 0.05) is 17.8 Å². The van der Waals surface area contributed by atoms with Crippen LogP contribution in [0, 0.1) is 12.8 Å². The van der Waals surface area contributed by atoms with Gasteiger partial charge in [-0.2, -0.15) is 0 Å². The Hall–Kier alpha value is -1.16. The molecule has 0 saturated heterocycles. The smallest absolute Gasteiger partial charge is 0.148 e. The maximum atomic E-state index is 10.4. The number of rotatable bonds is 2. The van der Waals surface area contributed by atoms with Crippen molar-refractivity contribution >= 4 is 5.78 Å². The van der Waals surface area contributed by atoms with Crippen LogP contribution in [0.25, 0.3) is 0 Å². The molecular formula is C11H23N3O. The minimum atomic E-state index is 0.102. The van der Waals surface area contributed by atoms with E-state index in [1.54, 1.807) is 12.5 Å². The summed E-state index contributed by atoms with van der Waals surface area (Å²) in [5.74, 6) is 0.227. The molecule has 0 aliphatic carbocycles. The molecule has 88 valence electrons. The van der Waals surface area contributed by atoms with Gasteiger partial charge >= 0.3 is 0 Å². The molecule has 4 nitrogen and oxygen atoms in total. The molecule has 0 aliphatic heterocycles. The molecule has 0 aromatic carbocycles. The van der Waals surface area contributed by atoms with E-state index in [4.69, 9.17) is 5.73 Å². The number of H-pyrrole nitrogens is 1. The molecule has 4 heteroatoms. The van der Waals surface area contributed by atoms with Gasteiger partial charge in [-0.05, 0) is 6.92 Å². The van der Waals surface area contributed by atoms with E-state index in [1.165, 1.54) is 0 Å². The summed E-state index contributed by atoms with van der Waals surface area (Å²) in [7, 11) is 0. The number of hydrogen-bond donors (Lipinski definition) is 2. The van der Waals surface area contributed by atoms with E-state index in [1.807, 2.05) is 34.6 Å². The van der Waals surface area contributed by atoms with E-state index in [0.29, 0.717) is 0 Å². The number of carbonyl (C=O) groups excluding carboxylic acids is 1. The van der Waals surface area contributed by atoms with Gasteiger partial charge in [-0.3, -0.25) is 4.79 Å². The molecule has 0 aliphatic rings. The lowest BCUT2D eigenvalue weighted by Gasteiger charge is -1.96. The van der Waals surface area contributed by atoms with Gasteiger partial charge in [-0.15, -0.1) is 0 Å². The summed E-state index contributed by atoms with van der Waals surface area (Å²) in [6.07, 6.45) is 3.44. The molecular weight excluding hydrogens is 190 g/mol. The van der Waals surface area contributed by atoms with Crippen molar-refractivity contribution < 1.29 is 4.79 Å². The Morgan fingerprint density at radius 2 is 2.07 bits per heavy atom. The van der Waals surface area contributed by atoms with Crippen molar-refractivity contribution in [1.29, 1.82) is 0 Å². The highest BCUT2D eigenvalue weighted by molar-refractivity contribution is 5.81. The number of ketones is 1. The lowest BCUT2D eigenvalue weighted by atomic mass is 10.1.